The van der Waals surface area contributed by atoms with E-state index < -0.39 is 18.1 Å². The van der Waals surface area contributed by atoms with Crippen molar-refractivity contribution >= 4 is 23.6 Å². The molecule has 0 saturated carbocycles. The number of hydrogen-bond donors (Lipinski definition) is 2. The molecule has 17 heavy (non-hydrogen) atoms. The number of amides is 1. The molecular formula is C11H22N2O3S. The van der Waals surface area contributed by atoms with Gasteiger partial charge in [-0.1, -0.05) is 13.8 Å². The minimum absolute atomic E-state index is 0.0286. The highest BCUT2D eigenvalue weighted by Gasteiger charge is 2.26. The second-order valence-electron chi connectivity index (χ2n) is 4.14. The van der Waals surface area contributed by atoms with Crippen LogP contribution in [0.2, 0.25) is 0 Å². The molecule has 0 spiro atoms. The summed E-state index contributed by atoms with van der Waals surface area (Å²) in [6, 6.07) is -1.21. The van der Waals surface area contributed by atoms with E-state index in [1.807, 2.05) is 20.1 Å². The van der Waals surface area contributed by atoms with Gasteiger partial charge < -0.3 is 15.8 Å². The van der Waals surface area contributed by atoms with Crippen LogP contribution in [-0.2, 0) is 14.3 Å². The largest absolute Gasteiger partial charge is 0.467 e. The fraction of sp³-hybridized carbons (Fsp3) is 0.818. The number of hydrogen-bond acceptors (Lipinski definition) is 5. The van der Waals surface area contributed by atoms with Crippen molar-refractivity contribution in [2.75, 3.05) is 19.1 Å². The van der Waals surface area contributed by atoms with Gasteiger partial charge in [0.25, 0.3) is 0 Å². The van der Waals surface area contributed by atoms with Crippen LogP contribution in [0.15, 0.2) is 0 Å². The van der Waals surface area contributed by atoms with Gasteiger partial charge in [0.2, 0.25) is 5.91 Å². The van der Waals surface area contributed by atoms with Crippen molar-refractivity contribution in [1.29, 1.82) is 0 Å². The first-order valence-corrected chi connectivity index (χ1v) is 6.96. The molecule has 2 atom stereocenters. The number of carbonyl (C=O) groups is 2. The molecule has 0 aromatic rings. The zero-order valence-electron chi connectivity index (χ0n) is 10.9. The summed E-state index contributed by atoms with van der Waals surface area (Å²) in [5.41, 5.74) is 5.72. The third-order valence-corrected chi connectivity index (χ3v) is 3.03. The van der Waals surface area contributed by atoms with Gasteiger partial charge in [-0.15, -0.1) is 0 Å². The van der Waals surface area contributed by atoms with Crippen LogP contribution in [0.1, 0.15) is 20.3 Å². The molecular weight excluding hydrogens is 240 g/mol. The molecule has 0 heterocycles. The SMILES string of the molecule is COC(=O)[C@@H](NC(=O)[C@H](N)CCSC)C(C)C. The van der Waals surface area contributed by atoms with Gasteiger partial charge in [0.05, 0.1) is 13.2 Å². The van der Waals surface area contributed by atoms with Crippen LogP contribution in [0.3, 0.4) is 0 Å². The highest BCUT2D eigenvalue weighted by atomic mass is 32.2. The normalized spacial score (nSPS) is 14.2. The first-order valence-electron chi connectivity index (χ1n) is 5.56. The number of rotatable bonds is 7. The van der Waals surface area contributed by atoms with Crippen molar-refractivity contribution < 1.29 is 14.3 Å². The van der Waals surface area contributed by atoms with E-state index in [9.17, 15) is 9.59 Å². The lowest BCUT2D eigenvalue weighted by atomic mass is 10.0. The maximum atomic E-state index is 11.7. The molecule has 6 heteroatoms. The predicted octanol–water partition coefficient (Wildman–Crippen LogP) is 0.381. The molecule has 0 saturated heterocycles. The van der Waals surface area contributed by atoms with Gasteiger partial charge in [-0.2, -0.15) is 11.8 Å². The summed E-state index contributed by atoms with van der Waals surface area (Å²) in [4.78, 5) is 23.2. The van der Waals surface area contributed by atoms with Gasteiger partial charge in [0, 0.05) is 0 Å². The Hall–Kier alpha value is -0.750. The van der Waals surface area contributed by atoms with Gasteiger partial charge >= 0.3 is 5.97 Å². The zero-order valence-corrected chi connectivity index (χ0v) is 11.7. The second kappa shape index (κ2) is 8.36. The van der Waals surface area contributed by atoms with Gasteiger partial charge in [0.15, 0.2) is 0 Å². The molecule has 0 aliphatic rings. The lowest BCUT2D eigenvalue weighted by Crippen LogP contribution is -2.51. The molecule has 1 amide bonds. The van der Waals surface area contributed by atoms with E-state index >= 15 is 0 Å². The molecule has 100 valence electrons. The van der Waals surface area contributed by atoms with Crippen LogP contribution in [-0.4, -0.2) is 43.1 Å². The monoisotopic (exact) mass is 262 g/mol. The van der Waals surface area contributed by atoms with Crippen molar-refractivity contribution in [3.8, 4) is 0 Å². The topological polar surface area (TPSA) is 81.4 Å². The summed E-state index contributed by atoms with van der Waals surface area (Å²) in [7, 11) is 1.30. The highest BCUT2D eigenvalue weighted by Crippen LogP contribution is 2.05. The minimum Gasteiger partial charge on any atom is -0.467 e. The minimum atomic E-state index is -0.632. The average molecular weight is 262 g/mol. The second-order valence-corrected chi connectivity index (χ2v) is 5.13. The quantitative estimate of drug-likeness (QED) is 0.648. The summed E-state index contributed by atoms with van der Waals surface area (Å²) in [5.74, 6) is 0.0480. The Morgan fingerprint density at radius 1 is 1.41 bits per heavy atom. The Balaban J connectivity index is 4.35. The number of nitrogens with one attached hydrogen (secondary N) is 1. The van der Waals surface area contributed by atoms with E-state index in [0.717, 1.165) is 5.75 Å². The van der Waals surface area contributed by atoms with Crippen LogP contribution in [0, 0.1) is 5.92 Å². The fourth-order valence-electron chi connectivity index (χ4n) is 1.26. The standard InChI is InChI=1S/C11H22N2O3S/c1-7(2)9(11(15)16-3)13-10(14)8(12)5-6-17-4/h7-9H,5-6,12H2,1-4H3,(H,13,14)/t8-,9+/m1/s1. The van der Waals surface area contributed by atoms with Crippen molar-refractivity contribution in [3.63, 3.8) is 0 Å². The molecule has 0 fully saturated rings. The Morgan fingerprint density at radius 2 is 2.00 bits per heavy atom. The van der Waals surface area contributed by atoms with Gasteiger partial charge in [-0.05, 0) is 24.3 Å². The van der Waals surface area contributed by atoms with Crippen molar-refractivity contribution in [2.24, 2.45) is 11.7 Å². The highest BCUT2D eigenvalue weighted by molar-refractivity contribution is 7.98. The van der Waals surface area contributed by atoms with E-state index in [1.54, 1.807) is 11.8 Å². The lowest BCUT2D eigenvalue weighted by Gasteiger charge is -2.21. The maximum absolute atomic E-state index is 11.7. The Bertz CT molecular complexity index is 259. The summed E-state index contributed by atoms with van der Waals surface area (Å²) < 4.78 is 4.64. The van der Waals surface area contributed by atoms with Crippen LogP contribution in [0.5, 0.6) is 0 Å². The van der Waals surface area contributed by atoms with E-state index in [-0.39, 0.29) is 11.8 Å². The molecule has 0 rings (SSSR count). The van der Waals surface area contributed by atoms with Crippen LogP contribution >= 0.6 is 11.8 Å². The van der Waals surface area contributed by atoms with Crippen LogP contribution < -0.4 is 11.1 Å². The smallest absolute Gasteiger partial charge is 0.328 e. The molecule has 0 unspecified atom stereocenters. The van der Waals surface area contributed by atoms with Crippen molar-refractivity contribution in [2.45, 2.75) is 32.4 Å². The Kier molecular flexibility index (Phi) is 7.99. The first kappa shape index (κ1) is 16.2. The van der Waals surface area contributed by atoms with E-state index in [4.69, 9.17) is 5.73 Å². The molecule has 0 aromatic heterocycles. The Labute approximate surface area is 107 Å². The van der Waals surface area contributed by atoms with Crippen molar-refractivity contribution in [1.82, 2.24) is 5.32 Å². The lowest BCUT2D eigenvalue weighted by molar-refractivity contribution is -0.146. The van der Waals surface area contributed by atoms with E-state index in [0.29, 0.717) is 6.42 Å². The molecule has 5 nitrogen and oxygen atoms in total. The molecule has 0 aromatic carbocycles. The van der Waals surface area contributed by atoms with Crippen molar-refractivity contribution in [3.05, 3.63) is 0 Å². The third kappa shape index (κ3) is 5.93. The van der Waals surface area contributed by atoms with Crippen LogP contribution in [0.4, 0.5) is 0 Å². The number of carbonyl (C=O) groups excluding carboxylic acids is 2. The molecule has 0 radical (unpaired) electrons. The number of thioether (sulfide) groups is 1. The number of esters is 1. The summed E-state index contributed by atoms with van der Waals surface area (Å²) in [6.07, 6.45) is 2.55. The zero-order chi connectivity index (χ0) is 13.4. The number of ether oxygens (including phenoxy) is 1. The predicted molar refractivity (Wildman–Crippen MR) is 69.8 cm³/mol. The average Bonchev–Trinajstić information content (AvgIpc) is 2.31. The first-order chi connectivity index (χ1) is 7.93. The molecule has 0 aliphatic carbocycles. The van der Waals surface area contributed by atoms with Crippen LogP contribution in [0.25, 0.3) is 0 Å². The molecule has 3 N–H and O–H groups in total. The summed E-state index contributed by atoms with van der Waals surface area (Å²) in [6.45, 7) is 3.69. The summed E-state index contributed by atoms with van der Waals surface area (Å²) in [5, 5.41) is 2.63. The summed E-state index contributed by atoms with van der Waals surface area (Å²) >= 11 is 1.63. The van der Waals surface area contributed by atoms with Gasteiger partial charge in [-0.25, -0.2) is 4.79 Å². The Morgan fingerprint density at radius 3 is 2.41 bits per heavy atom. The number of nitrogens with two attached hydrogens (primary N) is 1. The fourth-order valence-corrected chi connectivity index (χ4v) is 1.75. The van der Waals surface area contributed by atoms with E-state index in [1.165, 1.54) is 7.11 Å². The molecule has 0 aliphatic heterocycles. The molecule has 0 bridgehead atoms. The third-order valence-electron chi connectivity index (χ3n) is 2.39. The maximum Gasteiger partial charge on any atom is 0.328 e. The van der Waals surface area contributed by atoms with Gasteiger partial charge in [0.1, 0.15) is 6.04 Å². The number of methoxy groups -OCH3 is 1. The van der Waals surface area contributed by atoms with Gasteiger partial charge in [-0.3, -0.25) is 4.79 Å². The van der Waals surface area contributed by atoms with E-state index in [2.05, 4.69) is 10.1 Å².